The second-order valence-electron chi connectivity index (χ2n) is 8.75. The third-order valence-corrected chi connectivity index (χ3v) is 8.12. The second-order valence-corrected chi connectivity index (χ2v) is 10.2. The molecule has 2 heterocycles. The molecule has 0 saturated heterocycles. The molecule has 1 unspecified atom stereocenters. The zero-order valence-corrected chi connectivity index (χ0v) is 21.4. The largest absolute Gasteiger partial charge is 0.493 e. The molecule has 7 heteroatoms. The molecular weight excluding hydrogens is 492 g/mol. The molecule has 5 nitrogen and oxygen atoms in total. The van der Waals surface area contributed by atoms with Gasteiger partial charge in [0.15, 0.2) is 16.3 Å². The van der Waals surface area contributed by atoms with Crippen LogP contribution in [0.25, 0.3) is 11.8 Å². The van der Waals surface area contributed by atoms with E-state index in [9.17, 15) is 4.79 Å². The maximum Gasteiger partial charge on any atom is 0.271 e. The van der Waals surface area contributed by atoms with Crippen molar-refractivity contribution in [1.29, 1.82) is 0 Å². The van der Waals surface area contributed by atoms with Crippen molar-refractivity contribution in [1.82, 2.24) is 4.57 Å². The summed E-state index contributed by atoms with van der Waals surface area (Å²) >= 11 is 7.79. The predicted molar refractivity (Wildman–Crippen MR) is 144 cm³/mol. The van der Waals surface area contributed by atoms with E-state index in [0.717, 1.165) is 40.8 Å². The van der Waals surface area contributed by atoms with Gasteiger partial charge in [0.25, 0.3) is 5.56 Å². The molecule has 1 aromatic heterocycles. The van der Waals surface area contributed by atoms with Crippen LogP contribution in [0.15, 0.2) is 82.1 Å². The minimum atomic E-state index is -0.294. The SMILES string of the molecule is COc1ccc(C2C3=C(N=c4s/c(=C/c5ccccc5Cl)c(=O)n42)c2ccccc2CC3)cc1OC. The first-order valence-corrected chi connectivity index (χ1v) is 12.9. The number of aryl methyl sites for hydroxylation is 1. The molecule has 0 amide bonds. The van der Waals surface area contributed by atoms with E-state index in [1.54, 1.807) is 14.2 Å². The first-order valence-electron chi connectivity index (χ1n) is 11.7. The average molecular weight is 515 g/mol. The van der Waals surface area contributed by atoms with Gasteiger partial charge in [0.2, 0.25) is 0 Å². The van der Waals surface area contributed by atoms with Crippen LogP contribution >= 0.6 is 22.9 Å². The van der Waals surface area contributed by atoms with Crippen molar-refractivity contribution >= 4 is 34.7 Å². The molecule has 1 aliphatic heterocycles. The molecule has 2 aliphatic rings. The molecule has 36 heavy (non-hydrogen) atoms. The summed E-state index contributed by atoms with van der Waals surface area (Å²) in [5.74, 6) is 1.28. The van der Waals surface area contributed by atoms with E-state index < -0.39 is 0 Å². The smallest absolute Gasteiger partial charge is 0.271 e. The van der Waals surface area contributed by atoms with Gasteiger partial charge in [-0.1, -0.05) is 71.5 Å². The Hall–Kier alpha value is -3.61. The maximum atomic E-state index is 13.9. The number of benzene rings is 3. The number of nitrogens with zero attached hydrogens (tertiary/aromatic N) is 2. The fourth-order valence-corrected chi connectivity index (χ4v) is 6.26. The Kier molecular flexibility index (Phi) is 5.78. The number of methoxy groups -OCH3 is 2. The van der Waals surface area contributed by atoms with Crippen molar-refractivity contribution in [3.8, 4) is 11.5 Å². The number of hydrogen-bond acceptors (Lipinski definition) is 5. The van der Waals surface area contributed by atoms with Gasteiger partial charge in [-0.3, -0.25) is 9.36 Å². The summed E-state index contributed by atoms with van der Waals surface area (Å²) in [5, 5.41) is 0.605. The number of fused-ring (bicyclic) bond motifs is 3. The number of halogens is 1. The van der Waals surface area contributed by atoms with Gasteiger partial charge in [0.1, 0.15) is 0 Å². The zero-order chi connectivity index (χ0) is 24.8. The molecular formula is C29H23ClN2O3S. The fraction of sp³-hybridized carbons (Fsp3) is 0.172. The van der Waals surface area contributed by atoms with E-state index in [1.165, 1.54) is 16.9 Å². The molecule has 180 valence electrons. The highest BCUT2D eigenvalue weighted by Gasteiger charge is 2.33. The van der Waals surface area contributed by atoms with Gasteiger partial charge in [-0.2, -0.15) is 0 Å². The minimum Gasteiger partial charge on any atom is -0.493 e. The molecule has 0 saturated carbocycles. The van der Waals surface area contributed by atoms with E-state index in [4.69, 9.17) is 26.1 Å². The van der Waals surface area contributed by atoms with Gasteiger partial charge in [0, 0.05) is 10.6 Å². The number of aromatic nitrogens is 1. The quantitative estimate of drug-likeness (QED) is 0.385. The van der Waals surface area contributed by atoms with Crippen molar-refractivity contribution in [2.75, 3.05) is 14.2 Å². The summed E-state index contributed by atoms with van der Waals surface area (Å²) in [5.41, 5.74) is 6.19. The van der Waals surface area contributed by atoms with Crippen LogP contribution in [0, 0.1) is 0 Å². The third-order valence-electron chi connectivity index (χ3n) is 6.79. The first kappa shape index (κ1) is 22.8. The molecule has 1 atom stereocenters. The normalized spacial score (nSPS) is 16.6. The first-order chi connectivity index (χ1) is 17.6. The Morgan fingerprint density at radius 3 is 2.58 bits per heavy atom. The van der Waals surface area contributed by atoms with E-state index in [0.29, 0.717) is 25.9 Å². The third kappa shape index (κ3) is 3.69. The summed E-state index contributed by atoms with van der Waals surface area (Å²) in [6.07, 6.45) is 3.58. The van der Waals surface area contributed by atoms with Crippen LogP contribution in [0.2, 0.25) is 5.02 Å². The molecule has 0 radical (unpaired) electrons. The number of hydrogen-bond donors (Lipinski definition) is 0. The number of rotatable bonds is 4. The lowest BCUT2D eigenvalue weighted by molar-refractivity contribution is 0.354. The highest BCUT2D eigenvalue weighted by molar-refractivity contribution is 7.07. The van der Waals surface area contributed by atoms with Crippen molar-refractivity contribution in [3.05, 3.63) is 119 Å². The molecule has 1 aliphatic carbocycles. The van der Waals surface area contributed by atoms with Crippen LogP contribution in [0.1, 0.15) is 34.7 Å². The topological polar surface area (TPSA) is 52.8 Å². The lowest BCUT2D eigenvalue weighted by atomic mass is 9.83. The van der Waals surface area contributed by atoms with E-state index >= 15 is 0 Å². The lowest BCUT2D eigenvalue weighted by Gasteiger charge is -2.31. The Labute approximate surface area is 217 Å². The average Bonchev–Trinajstić information content (AvgIpc) is 3.22. The monoisotopic (exact) mass is 514 g/mol. The Bertz CT molecular complexity index is 1720. The maximum absolute atomic E-state index is 13.9. The van der Waals surface area contributed by atoms with Crippen molar-refractivity contribution < 1.29 is 9.47 Å². The van der Waals surface area contributed by atoms with Gasteiger partial charge in [0.05, 0.1) is 30.5 Å². The summed E-state index contributed by atoms with van der Waals surface area (Å²) in [6.45, 7) is 0. The summed E-state index contributed by atoms with van der Waals surface area (Å²) in [4.78, 5) is 19.6. The minimum absolute atomic E-state index is 0.0798. The standard InChI is InChI=1S/C29H23ClN2O3S/c1-34-23-14-12-19(15-24(23)35-2)27-21-13-11-17-7-3-5-9-20(17)26(21)31-29-32(27)28(33)25(36-29)16-18-8-4-6-10-22(18)30/h3-10,12,14-16,27H,11,13H2,1-2H3/b25-16+. The highest BCUT2D eigenvalue weighted by atomic mass is 35.5. The van der Waals surface area contributed by atoms with E-state index in [-0.39, 0.29) is 11.6 Å². The summed E-state index contributed by atoms with van der Waals surface area (Å²) in [7, 11) is 3.24. The Morgan fingerprint density at radius 2 is 1.78 bits per heavy atom. The second kappa shape index (κ2) is 9.12. The Morgan fingerprint density at radius 1 is 1.00 bits per heavy atom. The van der Waals surface area contributed by atoms with Crippen LogP contribution in [-0.2, 0) is 6.42 Å². The fourth-order valence-electron chi connectivity index (χ4n) is 5.08. The zero-order valence-electron chi connectivity index (χ0n) is 19.8. The number of allylic oxidation sites excluding steroid dienone is 1. The summed E-state index contributed by atoms with van der Waals surface area (Å²) in [6, 6.07) is 21.5. The highest BCUT2D eigenvalue weighted by Crippen LogP contribution is 2.42. The molecule has 0 bridgehead atoms. The van der Waals surface area contributed by atoms with Crippen LogP contribution in [0.3, 0.4) is 0 Å². The molecule has 0 fully saturated rings. The van der Waals surface area contributed by atoms with Crippen molar-refractivity contribution in [3.63, 3.8) is 0 Å². The predicted octanol–water partition coefficient (Wildman–Crippen LogP) is 4.99. The number of thiazole rings is 1. The van der Waals surface area contributed by atoms with E-state index in [2.05, 4.69) is 18.2 Å². The van der Waals surface area contributed by atoms with Crippen LogP contribution in [-0.4, -0.2) is 18.8 Å². The van der Waals surface area contributed by atoms with Crippen LogP contribution < -0.4 is 24.4 Å². The number of ether oxygens (including phenoxy) is 2. The molecule has 6 rings (SSSR count). The molecule has 3 aromatic carbocycles. The van der Waals surface area contributed by atoms with Gasteiger partial charge >= 0.3 is 0 Å². The van der Waals surface area contributed by atoms with Crippen molar-refractivity contribution in [2.45, 2.75) is 18.9 Å². The van der Waals surface area contributed by atoms with Gasteiger partial charge in [-0.15, -0.1) is 0 Å². The van der Waals surface area contributed by atoms with Gasteiger partial charge < -0.3 is 9.47 Å². The Balaban J connectivity index is 1.63. The molecule has 4 aromatic rings. The van der Waals surface area contributed by atoms with Gasteiger partial charge in [-0.25, -0.2) is 4.99 Å². The van der Waals surface area contributed by atoms with E-state index in [1.807, 2.05) is 59.2 Å². The van der Waals surface area contributed by atoms with Crippen molar-refractivity contribution in [2.24, 2.45) is 4.99 Å². The molecule has 0 N–H and O–H groups in total. The van der Waals surface area contributed by atoms with Crippen LogP contribution in [0.5, 0.6) is 11.5 Å². The van der Waals surface area contributed by atoms with Crippen LogP contribution in [0.4, 0.5) is 0 Å². The summed E-state index contributed by atoms with van der Waals surface area (Å²) < 4.78 is 13.5. The van der Waals surface area contributed by atoms with Gasteiger partial charge in [-0.05, 0) is 59.4 Å². The molecule has 0 spiro atoms. The lowest BCUT2D eigenvalue weighted by Crippen LogP contribution is -2.38.